The number of ether oxygens (including phenoxy) is 2. The van der Waals surface area contributed by atoms with Crippen LogP contribution in [0.1, 0.15) is 162 Å². The molecule has 1 N–H and O–H groups in total. The first-order chi connectivity index (χ1) is 22.3. The van der Waals surface area contributed by atoms with Crippen molar-refractivity contribution in [3.8, 4) is 0 Å². The first-order valence-corrected chi connectivity index (χ1v) is 19.7. The van der Waals surface area contributed by atoms with Gasteiger partial charge in [-0.25, -0.2) is 4.57 Å². The van der Waals surface area contributed by atoms with Gasteiger partial charge in [0, 0.05) is 20.0 Å². The number of rotatable bonds is 33. The second-order valence-electron chi connectivity index (χ2n) is 12.0. The standard InChI is InChI=1S/C37H67O8P/c1-4-6-8-10-12-14-16-18-19-20-22-24-26-28-30-32-37(39)45-35(34-44-46(40,41)42-3)33-43-36(38)31-29-27-25-23-21-17-15-13-11-9-7-5-2/h12-15,18-19,35H,4-11,16-17,20-34H2,1-3H3,(H,40,41)/b14-12-,15-13-,19-18-. The molecule has 0 heterocycles. The van der Waals surface area contributed by atoms with Crippen LogP contribution in [0, 0.1) is 0 Å². The highest BCUT2D eigenvalue weighted by Crippen LogP contribution is 2.42. The zero-order valence-corrected chi connectivity index (χ0v) is 30.4. The zero-order valence-electron chi connectivity index (χ0n) is 29.5. The van der Waals surface area contributed by atoms with Crippen molar-refractivity contribution < 1.29 is 37.6 Å². The van der Waals surface area contributed by atoms with E-state index in [4.69, 9.17) is 14.0 Å². The molecule has 0 saturated heterocycles. The molecule has 0 rings (SSSR count). The van der Waals surface area contributed by atoms with Gasteiger partial charge in [0.25, 0.3) is 0 Å². The molecule has 0 aromatic carbocycles. The second kappa shape index (κ2) is 33.2. The Kier molecular flexibility index (Phi) is 31.9. The number of allylic oxidation sites excluding steroid dienone is 6. The van der Waals surface area contributed by atoms with Gasteiger partial charge in [0.05, 0.1) is 6.61 Å². The van der Waals surface area contributed by atoms with E-state index in [1.54, 1.807) is 0 Å². The van der Waals surface area contributed by atoms with Crippen LogP contribution in [0.3, 0.4) is 0 Å². The second-order valence-corrected chi connectivity index (χ2v) is 13.6. The molecule has 268 valence electrons. The number of phosphoric ester groups is 1. The van der Waals surface area contributed by atoms with Gasteiger partial charge in [0.2, 0.25) is 0 Å². The van der Waals surface area contributed by atoms with Crippen molar-refractivity contribution >= 4 is 19.8 Å². The van der Waals surface area contributed by atoms with Gasteiger partial charge in [-0.3, -0.25) is 18.6 Å². The summed E-state index contributed by atoms with van der Waals surface area (Å²) in [5.41, 5.74) is 0. The van der Waals surface area contributed by atoms with Crippen LogP contribution >= 0.6 is 7.82 Å². The summed E-state index contributed by atoms with van der Waals surface area (Å²) in [4.78, 5) is 34.2. The molecule has 0 bridgehead atoms. The lowest BCUT2D eigenvalue weighted by atomic mass is 10.1. The third kappa shape index (κ3) is 32.2. The van der Waals surface area contributed by atoms with E-state index in [1.165, 1.54) is 51.4 Å². The van der Waals surface area contributed by atoms with Crippen molar-refractivity contribution in [3.05, 3.63) is 36.5 Å². The average molecular weight is 671 g/mol. The van der Waals surface area contributed by atoms with E-state index in [2.05, 4.69) is 54.8 Å². The quantitative estimate of drug-likeness (QED) is 0.0318. The van der Waals surface area contributed by atoms with E-state index >= 15 is 0 Å². The summed E-state index contributed by atoms with van der Waals surface area (Å²) in [5.74, 6) is -0.833. The topological polar surface area (TPSA) is 108 Å². The largest absolute Gasteiger partial charge is 0.472 e. The summed E-state index contributed by atoms with van der Waals surface area (Å²) < 4.78 is 31.8. The van der Waals surface area contributed by atoms with Gasteiger partial charge in [-0.15, -0.1) is 0 Å². The Labute approximate surface area is 281 Å². The van der Waals surface area contributed by atoms with E-state index in [9.17, 15) is 19.0 Å². The fourth-order valence-electron chi connectivity index (χ4n) is 4.74. The fourth-order valence-corrected chi connectivity index (χ4v) is 5.20. The third-order valence-electron chi connectivity index (χ3n) is 7.61. The van der Waals surface area contributed by atoms with Crippen molar-refractivity contribution in [2.75, 3.05) is 20.3 Å². The molecular formula is C37H67O8P. The third-order valence-corrected chi connectivity index (χ3v) is 8.54. The predicted octanol–water partition coefficient (Wildman–Crippen LogP) is 10.9. The molecule has 0 spiro atoms. The molecule has 9 heteroatoms. The van der Waals surface area contributed by atoms with E-state index in [0.29, 0.717) is 6.42 Å². The molecule has 0 radical (unpaired) electrons. The number of unbranched alkanes of at least 4 members (excludes halogenated alkanes) is 16. The van der Waals surface area contributed by atoms with Crippen LogP contribution in [0.25, 0.3) is 0 Å². The number of carbonyl (C=O) groups is 2. The van der Waals surface area contributed by atoms with Crippen molar-refractivity contribution in [1.29, 1.82) is 0 Å². The van der Waals surface area contributed by atoms with Crippen LogP contribution in [0.15, 0.2) is 36.5 Å². The highest BCUT2D eigenvalue weighted by atomic mass is 31.2. The van der Waals surface area contributed by atoms with Crippen LogP contribution in [-0.2, 0) is 32.7 Å². The van der Waals surface area contributed by atoms with Gasteiger partial charge in [-0.1, -0.05) is 115 Å². The first kappa shape index (κ1) is 44.3. The van der Waals surface area contributed by atoms with Gasteiger partial charge < -0.3 is 14.4 Å². The van der Waals surface area contributed by atoms with Crippen LogP contribution < -0.4 is 0 Å². The average Bonchev–Trinajstić information content (AvgIpc) is 3.04. The maximum absolute atomic E-state index is 12.4. The lowest BCUT2D eigenvalue weighted by molar-refractivity contribution is -0.161. The van der Waals surface area contributed by atoms with E-state index < -0.39 is 26.5 Å². The van der Waals surface area contributed by atoms with Crippen LogP contribution in [0.2, 0.25) is 0 Å². The predicted molar refractivity (Wildman–Crippen MR) is 189 cm³/mol. The van der Waals surface area contributed by atoms with Crippen LogP contribution in [0.4, 0.5) is 0 Å². The molecule has 2 unspecified atom stereocenters. The Morgan fingerprint density at radius 3 is 1.54 bits per heavy atom. The van der Waals surface area contributed by atoms with E-state index in [0.717, 1.165) is 84.2 Å². The molecule has 8 nitrogen and oxygen atoms in total. The monoisotopic (exact) mass is 670 g/mol. The molecule has 0 amide bonds. The Balaban J connectivity index is 4.13. The van der Waals surface area contributed by atoms with Gasteiger partial charge in [0.1, 0.15) is 6.61 Å². The summed E-state index contributed by atoms with van der Waals surface area (Å²) in [6.45, 7) is 3.80. The Bertz CT molecular complexity index is 854. The number of hydrogen-bond donors (Lipinski definition) is 1. The summed E-state index contributed by atoms with van der Waals surface area (Å²) in [7, 11) is -3.21. The normalized spacial score (nSPS) is 13.9. The summed E-state index contributed by atoms with van der Waals surface area (Å²) in [5, 5.41) is 0. The number of phosphoric acid groups is 1. The van der Waals surface area contributed by atoms with Crippen molar-refractivity contribution in [1.82, 2.24) is 0 Å². The maximum Gasteiger partial charge on any atom is 0.472 e. The van der Waals surface area contributed by atoms with Gasteiger partial charge in [0.15, 0.2) is 6.10 Å². The van der Waals surface area contributed by atoms with Gasteiger partial charge in [-0.2, -0.15) is 0 Å². The number of carbonyl (C=O) groups excluding carboxylic acids is 2. The highest BCUT2D eigenvalue weighted by molar-refractivity contribution is 7.47. The molecule has 0 fully saturated rings. The van der Waals surface area contributed by atoms with Crippen LogP contribution in [0.5, 0.6) is 0 Å². The maximum atomic E-state index is 12.4. The molecule has 0 aliphatic carbocycles. The SMILES string of the molecule is CCCCC/C=C\C/C=C\CCCCCCCC(=O)OC(COC(=O)CCCCCCC/C=C\CCCCC)COP(=O)(O)OC. The van der Waals surface area contributed by atoms with Crippen molar-refractivity contribution in [2.24, 2.45) is 0 Å². The molecule has 0 aliphatic rings. The van der Waals surface area contributed by atoms with E-state index in [1.807, 2.05) is 0 Å². The number of hydrogen-bond acceptors (Lipinski definition) is 7. The van der Waals surface area contributed by atoms with Crippen LogP contribution in [-0.4, -0.2) is 43.3 Å². The highest BCUT2D eigenvalue weighted by Gasteiger charge is 2.24. The van der Waals surface area contributed by atoms with E-state index in [-0.39, 0.29) is 25.4 Å². The minimum atomic E-state index is -4.26. The Morgan fingerprint density at radius 1 is 0.609 bits per heavy atom. The molecule has 0 saturated carbocycles. The van der Waals surface area contributed by atoms with Crippen molar-refractivity contribution in [3.63, 3.8) is 0 Å². The fraction of sp³-hybridized carbons (Fsp3) is 0.784. The molecule has 0 aliphatic heterocycles. The minimum absolute atomic E-state index is 0.227. The number of esters is 2. The smallest absolute Gasteiger partial charge is 0.462 e. The molecular weight excluding hydrogens is 603 g/mol. The Morgan fingerprint density at radius 2 is 1.04 bits per heavy atom. The molecule has 46 heavy (non-hydrogen) atoms. The summed E-state index contributed by atoms with van der Waals surface area (Å²) >= 11 is 0. The summed E-state index contributed by atoms with van der Waals surface area (Å²) in [6.07, 6.45) is 36.2. The summed E-state index contributed by atoms with van der Waals surface area (Å²) in [6, 6.07) is 0. The van der Waals surface area contributed by atoms with Gasteiger partial charge in [-0.05, 0) is 70.6 Å². The van der Waals surface area contributed by atoms with Crippen molar-refractivity contribution in [2.45, 2.75) is 168 Å². The molecule has 0 aromatic rings. The minimum Gasteiger partial charge on any atom is -0.462 e. The lowest BCUT2D eigenvalue weighted by Crippen LogP contribution is -2.29. The first-order valence-electron chi connectivity index (χ1n) is 18.2. The molecule has 0 aromatic heterocycles. The Hall–Kier alpha value is -1.73. The zero-order chi connectivity index (χ0) is 34.0. The van der Waals surface area contributed by atoms with Gasteiger partial charge >= 0.3 is 19.8 Å². The lowest BCUT2D eigenvalue weighted by Gasteiger charge is -2.19. The molecule has 2 atom stereocenters.